The maximum absolute atomic E-state index is 13.7. The fourth-order valence-corrected chi connectivity index (χ4v) is 4.49. The molecule has 2 aromatic heterocycles. The van der Waals surface area contributed by atoms with Gasteiger partial charge in [-0.1, -0.05) is 0 Å². The van der Waals surface area contributed by atoms with E-state index in [0.717, 1.165) is 22.1 Å². The molecular formula is C23H19F4N5O3. The summed E-state index contributed by atoms with van der Waals surface area (Å²) in [6.45, 7) is -0.350. The number of imide groups is 1. The molecule has 1 aliphatic heterocycles. The van der Waals surface area contributed by atoms with Gasteiger partial charge in [-0.2, -0.15) is 13.2 Å². The van der Waals surface area contributed by atoms with Crippen LogP contribution in [0.3, 0.4) is 0 Å². The van der Waals surface area contributed by atoms with Crippen LogP contribution in [0.1, 0.15) is 31.2 Å². The van der Waals surface area contributed by atoms with E-state index in [1.54, 1.807) is 0 Å². The number of fused-ring (bicyclic) bond motifs is 1. The molecule has 1 saturated heterocycles. The zero-order valence-corrected chi connectivity index (χ0v) is 18.2. The maximum atomic E-state index is 13.7. The van der Waals surface area contributed by atoms with Crippen molar-refractivity contribution in [2.45, 2.75) is 44.0 Å². The number of urea groups is 1. The van der Waals surface area contributed by atoms with E-state index >= 15 is 0 Å². The molecule has 35 heavy (non-hydrogen) atoms. The van der Waals surface area contributed by atoms with Crippen LogP contribution in [-0.4, -0.2) is 50.5 Å². The van der Waals surface area contributed by atoms with Gasteiger partial charge in [0, 0.05) is 12.2 Å². The molecule has 2 fully saturated rings. The molecule has 12 heteroatoms. The Morgan fingerprint density at radius 1 is 1.00 bits per heavy atom. The van der Waals surface area contributed by atoms with E-state index in [0.29, 0.717) is 42.8 Å². The average molecular weight is 489 g/mol. The van der Waals surface area contributed by atoms with Gasteiger partial charge in [0.25, 0.3) is 5.91 Å². The highest BCUT2D eigenvalue weighted by Crippen LogP contribution is 2.34. The third-order valence-electron chi connectivity index (χ3n) is 6.21. The van der Waals surface area contributed by atoms with Gasteiger partial charge >= 0.3 is 12.2 Å². The van der Waals surface area contributed by atoms with Crippen molar-refractivity contribution in [2.24, 2.45) is 0 Å². The average Bonchev–Trinajstić information content (AvgIpc) is 3.13. The van der Waals surface area contributed by atoms with Gasteiger partial charge in [-0.05, 0) is 49.9 Å². The third kappa shape index (κ3) is 4.47. The Labute approximate surface area is 196 Å². The number of carbonyl (C=O) groups is 2. The Hall–Kier alpha value is -3.83. The predicted molar refractivity (Wildman–Crippen MR) is 115 cm³/mol. The number of hydrogen-bond acceptors (Lipinski definition) is 6. The number of alkyl halides is 3. The molecule has 1 saturated carbocycles. The van der Waals surface area contributed by atoms with Crippen molar-refractivity contribution in [2.75, 3.05) is 11.4 Å². The number of hydrogen-bond donors (Lipinski definition) is 0. The minimum Gasteiger partial charge on any atom is -0.474 e. The molecule has 0 atom stereocenters. The number of amides is 3. The molecule has 0 N–H and O–H groups in total. The van der Waals surface area contributed by atoms with Crippen molar-refractivity contribution in [1.82, 2.24) is 19.9 Å². The van der Waals surface area contributed by atoms with E-state index in [1.165, 1.54) is 24.5 Å². The number of anilines is 1. The van der Waals surface area contributed by atoms with Crippen LogP contribution in [0.4, 0.5) is 28.0 Å². The number of nitrogens with zero attached hydrogens (tertiary/aromatic N) is 5. The van der Waals surface area contributed by atoms with Gasteiger partial charge in [0.15, 0.2) is 0 Å². The Bertz CT molecular complexity index is 1290. The first-order valence-corrected chi connectivity index (χ1v) is 10.9. The lowest BCUT2D eigenvalue weighted by atomic mass is 9.92. The molecular weight excluding hydrogens is 470 g/mol. The quantitative estimate of drug-likeness (QED) is 0.400. The molecule has 182 valence electrons. The lowest BCUT2D eigenvalue weighted by Gasteiger charge is -2.33. The molecule has 0 radical (unpaired) electrons. The largest absolute Gasteiger partial charge is 0.474 e. The van der Waals surface area contributed by atoms with Crippen LogP contribution in [0, 0.1) is 5.82 Å². The molecule has 5 rings (SSSR count). The second kappa shape index (κ2) is 8.75. The summed E-state index contributed by atoms with van der Waals surface area (Å²) in [6.07, 6.45) is 0.173. The number of benzene rings is 1. The summed E-state index contributed by atoms with van der Waals surface area (Å²) in [6, 6.07) is 3.87. The number of halogens is 4. The SMILES string of the molecule is O=C1CN(c2cncc(C(F)(F)F)c2)C(=O)N1[C@H]1CC[C@H](Oc2ncnc3ccc(F)cc23)CC1. The summed E-state index contributed by atoms with van der Waals surface area (Å²) >= 11 is 0. The molecule has 1 aromatic carbocycles. The first-order valence-electron chi connectivity index (χ1n) is 10.9. The molecule has 3 amide bonds. The molecule has 3 heterocycles. The third-order valence-corrected chi connectivity index (χ3v) is 6.21. The number of rotatable bonds is 4. The second-order valence-corrected chi connectivity index (χ2v) is 8.45. The second-order valence-electron chi connectivity index (χ2n) is 8.45. The summed E-state index contributed by atoms with van der Waals surface area (Å²) < 4.78 is 58.8. The van der Waals surface area contributed by atoms with E-state index in [9.17, 15) is 27.2 Å². The monoisotopic (exact) mass is 489 g/mol. The minimum atomic E-state index is -4.62. The van der Waals surface area contributed by atoms with Gasteiger partial charge in [-0.15, -0.1) is 0 Å². The Kier molecular flexibility index (Phi) is 5.73. The summed E-state index contributed by atoms with van der Waals surface area (Å²) in [7, 11) is 0. The molecule has 3 aromatic rings. The number of carbonyl (C=O) groups excluding carboxylic acids is 2. The minimum absolute atomic E-state index is 0.0828. The molecule has 0 bridgehead atoms. The zero-order chi connectivity index (χ0) is 24.7. The van der Waals surface area contributed by atoms with Crippen molar-refractivity contribution in [1.29, 1.82) is 0 Å². The summed E-state index contributed by atoms with van der Waals surface area (Å²) in [4.78, 5) is 39.5. The predicted octanol–water partition coefficient (Wildman–Crippen LogP) is 4.34. The standard InChI is InChI=1S/C23H19F4N5O3/c24-14-1-6-19-18(8-14)21(30-12-29-19)35-17-4-2-15(3-5-17)32-20(33)11-31(22(32)34)16-7-13(9-28-10-16)23(25,26)27/h1,6-10,12,15,17H,2-5,11H2/t15-,17-. The molecule has 0 spiro atoms. The van der Waals surface area contributed by atoms with Gasteiger partial charge in [-0.3, -0.25) is 19.6 Å². The van der Waals surface area contributed by atoms with E-state index < -0.39 is 35.5 Å². The van der Waals surface area contributed by atoms with Crippen LogP contribution in [0.15, 0.2) is 43.0 Å². The van der Waals surface area contributed by atoms with Gasteiger partial charge in [-0.25, -0.2) is 19.2 Å². The first kappa shape index (κ1) is 22.9. The van der Waals surface area contributed by atoms with Crippen molar-refractivity contribution in [3.63, 3.8) is 0 Å². The van der Waals surface area contributed by atoms with Crippen molar-refractivity contribution < 1.29 is 31.9 Å². The molecule has 8 nitrogen and oxygen atoms in total. The Balaban J connectivity index is 1.26. The topological polar surface area (TPSA) is 88.5 Å². The fourth-order valence-electron chi connectivity index (χ4n) is 4.49. The van der Waals surface area contributed by atoms with E-state index in [1.807, 2.05) is 0 Å². The first-order chi connectivity index (χ1) is 16.7. The van der Waals surface area contributed by atoms with Gasteiger partial charge in [0.05, 0.1) is 28.4 Å². The number of pyridine rings is 1. The van der Waals surface area contributed by atoms with Crippen LogP contribution in [0.25, 0.3) is 10.9 Å². The fraction of sp³-hybridized carbons (Fsp3) is 0.348. The van der Waals surface area contributed by atoms with Crippen LogP contribution in [0.5, 0.6) is 5.88 Å². The van der Waals surface area contributed by atoms with Crippen LogP contribution in [-0.2, 0) is 11.0 Å². The van der Waals surface area contributed by atoms with Crippen molar-refractivity contribution in [3.8, 4) is 5.88 Å². The lowest BCUT2D eigenvalue weighted by molar-refractivity contribution is -0.137. The highest BCUT2D eigenvalue weighted by atomic mass is 19.4. The van der Waals surface area contributed by atoms with E-state index in [4.69, 9.17) is 4.74 Å². The van der Waals surface area contributed by atoms with Crippen LogP contribution >= 0.6 is 0 Å². The Morgan fingerprint density at radius 2 is 1.77 bits per heavy atom. The van der Waals surface area contributed by atoms with Crippen LogP contribution in [0.2, 0.25) is 0 Å². The summed E-state index contributed by atoms with van der Waals surface area (Å²) in [5, 5.41) is 0.449. The molecule has 0 unspecified atom stereocenters. The number of ether oxygens (including phenoxy) is 1. The summed E-state index contributed by atoms with van der Waals surface area (Å²) in [5.41, 5.74) is -0.536. The van der Waals surface area contributed by atoms with E-state index in [2.05, 4.69) is 15.0 Å². The smallest absolute Gasteiger partial charge is 0.417 e. The zero-order valence-electron chi connectivity index (χ0n) is 18.2. The summed E-state index contributed by atoms with van der Waals surface area (Å²) in [5.74, 6) is -0.656. The van der Waals surface area contributed by atoms with Gasteiger partial charge < -0.3 is 4.74 Å². The van der Waals surface area contributed by atoms with Crippen molar-refractivity contribution >= 4 is 28.5 Å². The molecule has 1 aliphatic carbocycles. The van der Waals surface area contributed by atoms with E-state index in [-0.39, 0.29) is 24.2 Å². The number of aromatic nitrogens is 3. The van der Waals surface area contributed by atoms with Gasteiger partial charge in [0.2, 0.25) is 5.88 Å². The normalized spacial score (nSPS) is 21.1. The maximum Gasteiger partial charge on any atom is 0.417 e. The van der Waals surface area contributed by atoms with Crippen LogP contribution < -0.4 is 9.64 Å². The Morgan fingerprint density at radius 3 is 2.51 bits per heavy atom. The van der Waals surface area contributed by atoms with Crippen molar-refractivity contribution in [3.05, 3.63) is 54.4 Å². The molecule has 2 aliphatic rings. The lowest BCUT2D eigenvalue weighted by Crippen LogP contribution is -2.44. The highest BCUT2D eigenvalue weighted by Gasteiger charge is 2.43. The highest BCUT2D eigenvalue weighted by molar-refractivity contribution is 6.12. The van der Waals surface area contributed by atoms with Gasteiger partial charge in [0.1, 0.15) is 24.8 Å².